The van der Waals surface area contributed by atoms with Crippen molar-refractivity contribution in [2.75, 3.05) is 31.1 Å². The highest BCUT2D eigenvalue weighted by Gasteiger charge is 2.40. The van der Waals surface area contributed by atoms with E-state index in [4.69, 9.17) is 28.0 Å². The van der Waals surface area contributed by atoms with Crippen LogP contribution in [0.15, 0.2) is 54.7 Å². The predicted molar refractivity (Wildman–Crippen MR) is 284 cm³/mol. The van der Waals surface area contributed by atoms with Gasteiger partial charge in [-0.05, 0) is 74.8 Å². The molecule has 2 fully saturated rings. The molecule has 0 spiro atoms. The molecule has 2 aliphatic rings. The molecular weight excluding hydrogens is 1030 g/mol. The van der Waals surface area contributed by atoms with Gasteiger partial charge in [0.15, 0.2) is 11.9 Å². The Hall–Kier alpha value is -7.62. The van der Waals surface area contributed by atoms with E-state index in [0.29, 0.717) is 17.5 Å². The van der Waals surface area contributed by atoms with Gasteiger partial charge in [0.2, 0.25) is 53.2 Å². The molecule has 412 valence electrons. The minimum Gasteiger partial charge on any atom is -0.370 e. The van der Waals surface area contributed by atoms with Gasteiger partial charge in [0, 0.05) is 68.0 Å². The van der Waals surface area contributed by atoms with E-state index in [1.807, 2.05) is 18.2 Å². The molecule has 1 aromatic heterocycles. The number of para-hydroxylation sites is 1. The molecule has 2 aromatic carbocycles. The van der Waals surface area contributed by atoms with Crippen LogP contribution in [0.25, 0.3) is 10.9 Å². The molecule has 76 heavy (non-hydrogen) atoms. The first kappa shape index (κ1) is 59.3. The number of amides is 9. The Morgan fingerprint density at radius 2 is 1.39 bits per heavy atom. The molecule has 0 unspecified atom stereocenters. The second kappa shape index (κ2) is 28.9. The summed E-state index contributed by atoms with van der Waals surface area (Å²) in [6.07, 6.45) is 2.32. The molecule has 9 amide bonds. The maximum atomic E-state index is 14.6. The van der Waals surface area contributed by atoms with E-state index in [0.717, 1.165) is 32.5 Å². The first-order chi connectivity index (χ1) is 36.2. The molecule has 2 aliphatic heterocycles. The van der Waals surface area contributed by atoms with Crippen LogP contribution in [0.1, 0.15) is 63.5 Å². The van der Waals surface area contributed by atoms with Crippen molar-refractivity contribution in [3.05, 3.63) is 71.7 Å². The van der Waals surface area contributed by atoms with Gasteiger partial charge in [-0.1, -0.05) is 51.9 Å². The number of aromatic nitrogens is 1. The quantitative estimate of drug-likeness (QED) is 0.0317. The Bertz CT molecular complexity index is 2610. The Balaban J connectivity index is 1.52. The van der Waals surface area contributed by atoms with Crippen molar-refractivity contribution in [1.29, 1.82) is 10.8 Å². The first-order valence-electron chi connectivity index (χ1n) is 24.6. The number of nitrogens with zero attached hydrogens (tertiary/aromatic N) is 1. The lowest BCUT2D eigenvalue weighted by molar-refractivity contribution is -0.142. The third kappa shape index (κ3) is 18.0. The molecule has 0 saturated carbocycles. The number of benzene rings is 2. The van der Waals surface area contributed by atoms with Crippen LogP contribution in [0.2, 0.25) is 0 Å². The third-order valence-electron chi connectivity index (χ3n) is 12.4. The maximum absolute atomic E-state index is 14.6. The number of nitrogens with two attached hydrogens (primary N) is 3. The number of aromatic amines is 1. The van der Waals surface area contributed by atoms with E-state index < -0.39 is 107 Å². The van der Waals surface area contributed by atoms with E-state index in [9.17, 15) is 47.5 Å². The Labute approximate surface area is 445 Å². The zero-order valence-corrected chi connectivity index (χ0v) is 43.7. The zero-order chi connectivity index (χ0) is 55.5. The molecule has 5 rings (SSSR count). The van der Waals surface area contributed by atoms with Crippen LogP contribution in [0.3, 0.4) is 0 Å². The van der Waals surface area contributed by atoms with Gasteiger partial charge in [0.25, 0.3) is 0 Å². The van der Waals surface area contributed by atoms with Crippen molar-refractivity contribution in [3.8, 4) is 0 Å². The number of hydrogen-bond acceptors (Lipinski definition) is 13. The van der Waals surface area contributed by atoms with Crippen molar-refractivity contribution < 1.29 is 47.5 Å². The molecular formula is C48H67FN16O9S2. The summed E-state index contributed by atoms with van der Waals surface area (Å²) in [6.45, 7) is 3.00. The Kier molecular flexibility index (Phi) is 22.5. The fourth-order valence-electron chi connectivity index (χ4n) is 8.53. The molecule has 18 N–H and O–H groups in total. The van der Waals surface area contributed by atoms with E-state index in [-0.39, 0.29) is 88.0 Å². The van der Waals surface area contributed by atoms with Gasteiger partial charge in [0.05, 0.1) is 0 Å². The summed E-state index contributed by atoms with van der Waals surface area (Å²) in [5.41, 5.74) is 18.5. The van der Waals surface area contributed by atoms with Gasteiger partial charge in [0.1, 0.15) is 54.2 Å². The SMILES string of the molecule is CC(=O)N[C@@H](CCCNC(=N)N)C(=O)N[C@H]1CSSC[C@@H](C(N)=O)NC(=O)[C@H](Cc2c[nH]c3ccccc23)NC(=O)[C@H](CCCNC(=N)N)NC(=O)[C@@H](Cc2ccc(F)cc2)NC(=O)[C@@H]2CCCN2C(=O)[C@@H](C)NC1=O. The molecule has 0 radical (unpaired) electrons. The van der Waals surface area contributed by atoms with Crippen LogP contribution in [0.4, 0.5) is 4.39 Å². The highest BCUT2D eigenvalue weighted by atomic mass is 33.1. The summed E-state index contributed by atoms with van der Waals surface area (Å²) in [7, 11) is 2.02. The average molecular weight is 1100 g/mol. The number of guanidine groups is 2. The van der Waals surface area contributed by atoms with Crippen molar-refractivity contribution in [2.24, 2.45) is 17.2 Å². The number of halogens is 1. The van der Waals surface area contributed by atoms with E-state index in [2.05, 4.69) is 52.8 Å². The number of carbonyl (C=O) groups excluding carboxylic acids is 9. The maximum Gasteiger partial charge on any atom is 0.245 e. The second-order valence-corrected chi connectivity index (χ2v) is 20.9. The lowest BCUT2D eigenvalue weighted by Gasteiger charge is -2.30. The third-order valence-corrected chi connectivity index (χ3v) is 14.9. The normalized spacial score (nSPS) is 22.8. The standard InChI is InChI=1S/C48H67FN16O9S2/c1-25-46(74)65-19-7-12-38(65)45(73)62-34(20-27-13-15-29(49)16-14-27)42(70)60-33(11-6-18-56-48(53)54)41(69)61-35(21-28-22-57-31-9-4-3-8-30(28)31)43(71)63-36(39(50)67)23-75-76-24-37(44(72)58-25)64-40(68)32(59-26(2)66)10-5-17-55-47(51)52/h3-4,8-9,13-16,22,25,32-38,57H,5-7,10-12,17-21,23-24H2,1-2H3,(H2,50,67)(H,58,72)(H,59,66)(H,60,70)(H,61,69)(H,62,73)(H,63,71)(H,64,68)(H4,51,52,55)(H4,53,54,56)/t25-,32+,33+,34-,35+,36+,37+,38+/m1/s1. The minimum atomic E-state index is -1.42. The van der Waals surface area contributed by atoms with Crippen LogP contribution in [-0.4, -0.2) is 154 Å². The Morgan fingerprint density at radius 1 is 0.776 bits per heavy atom. The van der Waals surface area contributed by atoms with Crippen molar-refractivity contribution in [2.45, 2.75) is 114 Å². The highest BCUT2D eigenvalue weighted by molar-refractivity contribution is 8.76. The van der Waals surface area contributed by atoms with Crippen LogP contribution in [-0.2, 0) is 56.0 Å². The van der Waals surface area contributed by atoms with Crippen LogP contribution < -0.4 is 65.1 Å². The molecule has 3 heterocycles. The number of H-pyrrole nitrogens is 1. The molecule has 25 nitrogen and oxygen atoms in total. The lowest BCUT2D eigenvalue weighted by atomic mass is 10.0. The molecule has 2 saturated heterocycles. The summed E-state index contributed by atoms with van der Waals surface area (Å²) in [5.74, 6) is -8.54. The average Bonchev–Trinajstić information content (AvgIpc) is 4.03. The first-order valence-corrected chi connectivity index (χ1v) is 27.1. The van der Waals surface area contributed by atoms with Gasteiger partial charge in [-0.15, -0.1) is 0 Å². The van der Waals surface area contributed by atoms with Gasteiger partial charge in [-0.3, -0.25) is 54.0 Å². The summed E-state index contributed by atoms with van der Waals surface area (Å²) in [6, 6.07) is 1.92. The van der Waals surface area contributed by atoms with E-state index in [1.165, 1.54) is 43.0 Å². The molecule has 0 bridgehead atoms. The van der Waals surface area contributed by atoms with Gasteiger partial charge >= 0.3 is 0 Å². The Morgan fingerprint density at radius 3 is 2.08 bits per heavy atom. The van der Waals surface area contributed by atoms with Gasteiger partial charge < -0.3 is 74.9 Å². The number of primary amides is 1. The van der Waals surface area contributed by atoms with Gasteiger partial charge in [-0.25, -0.2) is 4.39 Å². The monoisotopic (exact) mass is 1090 g/mol. The smallest absolute Gasteiger partial charge is 0.245 e. The molecule has 3 aromatic rings. The minimum absolute atomic E-state index is 0.0721. The molecule has 0 aliphatic carbocycles. The number of fused-ring (bicyclic) bond motifs is 2. The number of nitrogens with one attached hydrogen (secondary N) is 12. The number of hydrogen-bond donors (Lipinski definition) is 15. The molecule has 28 heteroatoms. The van der Waals surface area contributed by atoms with Crippen molar-refractivity contribution in [3.63, 3.8) is 0 Å². The number of carbonyl (C=O) groups is 9. The predicted octanol–water partition coefficient (Wildman–Crippen LogP) is -2.08. The van der Waals surface area contributed by atoms with E-state index in [1.54, 1.807) is 12.3 Å². The zero-order valence-electron chi connectivity index (χ0n) is 42.1. The topological polar surface area (TPSA) is 407 Å². The fourth-order valence-corrected chi connectivity index (χ4v) is 10.9. The van der Waals surface area contributed by atoms with Crippen LogP contribution >= 0.6 is 21.6 Å². The molecule has 8 atom stereocenters. The van der Waals surface area contributed by atoms with Crippen molar-refractivity contribution >= 4 is 97.6 Å². The van der Waals surface area contributed by atoms with Crippen molar-refractivity contribution in [1.82, 2.24) is 57.7 Å². The second-order valence-electron chi connectivity index (χ2n) is 18.3. The van der Waals surface area contributed by atoms with E-state index >= 15 is 0 Å². The lowest BCUT2D eigenvalue weighted by Crippen LogP contribution is -2.60. The number of rotatable bonds is 16. The van der Waals surface area contributed by atoms with Crippen LogP contribution in [0.5, 0.6) is 0 Å². The summed E-state index contributed by atoms with van der Waals surface area (Å²) in [4.78, 5) is 130. The summed E-state index contributed by atoms with van der Waals surface area (Å²) < 4.78 is 14.1. The van der Waals surface area contributed by atoms with Crippen LogP contribution in [0, 0.1) is 16.6 Å². The summed E-state index contributed by atoms with van der Waals surface area (Å²) >= 11 is 0. The van der Waals surface area contributed by atoms with Gasteiger partial charge in [-0.2, -0.15) is 0 Å². The fraction of sp³-hybridized carbons (Fsp3) is 0.479. The summed E-state index contributed by atoms with van der Waals surface area (Å²) in [5, 5.41) is 39.7. The largest absolute Gasteiger partial charge is 0.370 e. The highest BCUT2D eigenvalue weighted by Crippen LogP contribution is 2.25.